The van der Waals surface area contributed by atoms with Crippen LogP contribution in [0.25, 0.3) is 0 Å². The monoisotopic (exact) mass is 280 g/mol. The lowest BCUT2D eigenvalue weighted by atomic mass is 10.1. The first-order valence-corrected chi connectivity index (χ1v) is 7.46. The highest BCUT2D eigenvalue weighted by Gasteiger charge is 2.36. The third-order valence-electron chi connectivity index (χ3n) is 4.44. The Morgan fingerprint density at radius 3 is 3.11 bits per heavy atom. The average molecular weight is 281 g/mol. The number of rotatable bonds is 4. The zero-order chi connectivity index (χ0) is 13.2. The van der Waals surface area contributed by atoms with E-state index < -0.39 is 0 Å². The molecule has 1 aromatic rings. The van der Waals surface area contributed by atoms with Crippen molar-refractivity contribution in [1.82, 2.24) is 10.2 Å². The molecule has 0 radical (unpaired) electrons. The molecule has 2 aliphatic rings. The highest BCUT2D eigenvalue weighted by Crippen LogP contribution is 2.30. The van der Waals surface area contributed by atoms with E-state index in [1.54, 1.807) is 7.11 Å². The van der Waals surface area contributed by atoms with Crippen LogP contribution in [0.2, 0.25) is 5.02 Å². The van der Waals surface area contributed by atoms with Crippen molar-refractivity contribution in [3.05, 3.63) is 28.8 Å². The van der Waals surface area contributed by atoms with E-state index in [-0.39, 0.29) is 0 Å². The van der Waals surface area contributed by atoms with Crippen LogP contribution in [0.5, 0.6) is 5.75 Å². The van der Waals surface area contributed by atoms with Crippen molar-refractivity contribution in [3.63, 3.8) is 0 Å². The Labute approximate surface area is 119 Å². The van der Waals surface area contributed by atoms with Gasteiger partial charge in [0.1, 0.15) is 5.75 Å². The molecule has 104 valence electrons. The van der Waals surface area contributed by atoms with Crippen LogP contribution in [-0.2, 0) is 6.54 Å². The van der Waals surface area contributed by atoms with Crippen molar-refractivity contribution in [3.8, 4) is 5.75 Å². The van der Waals surface area contributed by atoms with E-state index in [1.807, 2.05) is 18.2 Å². The van der Waals surface area contributed by atoms with E-state index in [2.05, 4.69) is 10.2 Å². The average Bonchev–Trinajstić information content (AvgIpc) is 3.00. The molecular formula is C15H21ClN2O. The smallest absolute Gasteiger partial charge is 0.124 e. The Balaban J connectivity index is 1.66. The van der Waals surface area contributed by atoms with Crippen LogP contribution in [0.4, 0.5) is 0 Å². The fraction of sp³-hybridized carbons (Fsp3) is 0.600. The molecule has 0 saturated carbocycles. The molecule has 2 unspecified atom stereocenters. The summed E-state index contributed by atoms with van der Waals surface area (Å²) >= 11 is 6.27. The zero-order valence-corrected chi connectivity index (χ0v) is 12.1. The Morgan fingerprint density at radius 1 is 1.37 bits per heavy atom. The summed E-state index contributed by atoms with van der Waals surface area (Å²) < 4.78 is 5.39. The summed E-state index contributed by atoms with van der Waals surface area (Å²) in [5, 5.41) is 4.46. The van der Waals surface area contributed by atoms with E-state index in [0.29, 0.717) is 6.04 Å². The minimum Gasteiger partial charge on any atom is -0.496 e. The third kappa shape index (κ3) is 2.60. The number of nitrogens with one attached hydrogen (secondary N) is 1. The van der Waals surface area contributed by atoms with Crippen LogP contribution in [0.15, 0.2) is 18.2 Å². The van der Waals surface area contributed by atoms with Gasteiger partial charge < -0.3 is 10.1 Å². The van der Waals surface area contributed by atoms with E-state index in [0.717, 1.165) is 28.9 Å². The number of hydrogen-bond acceptors (Lipinski definition) is 3. The number of nitrogens with zero attached hydrogens (tertiary/aromatic N) is 1. The summed E-state index contributed by atoms with van der Waals surface area (Å²) in [5.74, 6) is 0.876. The van der Waals surface area contributed by atoms with Crippen LogP contribution in [-0.4, -0.2) is 37.2 Å². The Bertz CT molecular complexity index is 452. The summed E-state index contributed by atoms with van der Waals surface area (Å²) in [6, 6.07) is 7.16. The van der Waals surface area contributed by atoms with Gasteiger partial charge in [0, 0.05) is 35.8 Å². The molecule has 2 aliphatic heterocycles. The standard InChI is InChI=1S/C15H21ClN2O/c1-19-15-6-2-4-12(16)11(15)10-17-13-7-9-18-8-3-5-14(13)18/h2,4,6,13-14,17H,3,5,7-10H2,1H3. The predicted molar refractivity (Wildman–Crippen MR) is 77.8 cm³/mol. The minimum atomic E-state index is 0.600. The quantitative estimate of drug-likeness (QED) is 0.918. The van der Waals surface area contributed by atoms with Crippen LogP contribution in [0.1, 0.15) is 24.8 Å². The second-order valence-corrected chi connectivity index (χ2v) is 5.85. The number of methoxy groups -OCH3 is 1. The molecule has 1 aromatic carbocycles. The molecule has 3 nitrogen and oxygen atoms in total. The van der Waals surface area contributed by atoms with Gasteiger partial charge in [-0.05, 0) is 37.9 Å². The predicted octanol–water partition coefficient (Wildman–Crippen LogP) is 2.67. The van der Waals surface area contributed by atoms with E-state index >= 15 is 0 Å². The van der Waals surface area contributed by atoms with Crippen LogP contribution in [0, 0.1) is 0 Å². The van der Waals surface area contributed by atoms with Gasteiger partial charge in [-0.3, -0.25) is 4.90 Å². The van der Waals surface area contributed by atoms with E-state index in [4.69, 9.17) is 16.3 Å². The van der Waals surface area contributed by atoms with Crippen LogP contribution < -0.4 is 10.1 Å². The van der Waals surface area contributed by atoms with Gasteiger partial charge in [0.05, 0.1) is 7.11 Å². The number of benzene rings is 1. The number of halogens is 1. The number of fused-ring (bicyclic) bond motifs is 1. The molecule has 0 spiro atoms. The molecule has 19 heavy (non-hydrogen) atoms. The highest BCUT2D eigenvalue weighted by molar-refractivity contribution is 6.31. The second kappa shape index (κ2) is 5.70. The Kier molecular flexibility index (Phi) is 3.96. The molecular weight excluding hydrogens is 260 g/mol. The zero-order valence-electron chi connectivity index (χ0n) is 11.4. The van der Waals surface area contributed by atoms with Crippen molar-refractivity contribution >= 4 is 11.6 Å². The first kappa shape index (κ1) is 13.2. The van der Waals surface area contributed by atoms with Gasteiger partial charge in [-0.15, -0.1) is 0 Å². The molecule has 0 bridgehead atoms. The second-order valence-electron chi connectivity index (χ2n) is 5.44. The maximum atomic E-state index is 6.27. The number of ether oxygens (including phenoxy) is 1. The van der Waals surface area contributed by atoms with Crippen molar-refractivity contribution in [2.75, 3.05) is 20.2 Å². The summed E-state index contributed by atoms with van der Waals surface area (Å²) in [6.45, 7) is 3.30. The fourth-order valence-electron chi connectivity index (χ4n) is 3.46. The lowest BCUT2D eigenvalue weighted by molar-refractivity contribution is 0.298. The molecule has 0 amide bonds. The molecule has 2 atom stereocenters. The Hall–Kier alpha value is -0.770. The van der Waals surface area contributed by atoms with Gasteiger partial charge in [-0.2, -0.15) is 0 Å². The lowest BCUT2D eigenvalue weighted by Crippen LogP contribution is -2.38. The third-order valence-corrected chi connectivity index (χ3v) is 4.80. The van der Waals surface area contributed by atoms with Gasteiger partial charge in [-0.25, -0.2) is 0 Å². The van der Waals surface area contributed by atoms with Crippen molar-refractivity contribution in [1.29, 1.82) is 0 Å². The Morgan fingerprint density at radius 2 is 2.26 bits per heavy atom. The molecule has 1 N–H and O–H groups in total. The fourth-order valence-corrected chi connectivity index (χ4v) is 3.69. The van der Waals surface area contributed by atoms with Crippen molar-refractivity contribution in [2.24, 2.45) is 0 Å². The van der Waals surface area contributed by atoms with Gasteiger partial charge in [-0.1, -0.05) is 17.7 Å². The summed E-state index contributed by atoms with van der Waals surface area (Å²) in [6.07, 6.45) is 3.92. The summed E-state index contributed by atoms with van der Waals surface area (Å²) in [4.78, 5) is 2.61. The summed E-state index contributed by atoms with van der Waals surface area (Å²) in [7, 11) is 1.70. The van der Waals surface area contributed by atoms with Gasteiger partial charge in [0.15, 0.2) is 0 Å². The first-order chi connectivity index (χ1) is 9.29. The van der Waals surface area contributed by atoms with Gasteiger partial charge in [0.2, 0.25) is 0 Å². The van der Waals surface area contributed by atoms with E-state index in [9.17, 15) is 0 Å². The highest BCUT2D eigenvalue weighted by atomic mass is 35.5. The van der Waals surface area contributed by atoms with E-state index in [1.165, 1.54) is 32.4 Å². The minimum absolute atomic E-state index is 0.600. The molecule has 2 fully saturated rings. The largest absolute Gasteiger partial charge is 0.496 e. The topological polar surface area (TPSA) is 24.5 Å². The maximum Gasteiger partial charge on any atom is 0.124 e. The molecule has 3 rings (SSSR count). The van der Waals surface area contributed by atoms with Gasteiger partial charge in [0.25, 0.3) is 0 Å². The SMILES string of the molecule is COc1cccc(Cl)c1CNC1CCN2CCCC12. The molecule has 2 heterocycles. The van der Waals surface area contributed by atoms with Crippen LogP contribution >= 0.6 is 11.6 Å². The molecule has 0 aromatic heterocycles. The molecule has 4 heteroatoms. The normalized spacial score (nSPS) is 26.6. The van der Waals surface area contributed by atoms with Crippen molar-refractivity contribution in [2.45, 2.75) is 37.9 Å². The lowest BCUT2D eigenvalue weighted by Gasteiger charge is -2.22. The molecule has 0 aliphatic carbocycles. The van der Waals surface area contributed by atoms with Gasteiger partial charge >= 0.3 is 0 Å². The van der Waals surface area contributed by atoms with Crippen LogP contribution in [0.3, 0.4) is 0 Å². The van der Waals surface area contributed by atoms with Crippen molar-refractivity contribution < 1.29 is 4.74 Å². The molecule has 2 saturated heterocycles. The number of hydrogen-bond donors (Lipinski definition) is 1. The first-order valence-electron chi connectivity index (χ1n) is 7.08. The maximum absolute atomic E-state index is 6.27. The summed E-state index contributed by atoms with van der Waals surface area (Å²) in [5.41, 5.74) is 1.07.